The molecule has 0 spiro atoms. The number of nitrogens with one attached hydrogen (secondary N) is 1. The Morgan fingerprint density at radius 3 is 2.76 bits per heavy atom. The van der Waals surface area contributed by atoms with Crippen molar-refractivity contribution in [2.45, 2.75) is 13.0 Å². The number of carbonyl (C=O) groups excluding carboxylic acids is 2. The van der Waals surface area contributed by atoms with Crippen molar-refractivity contribution < 1.29 is 23.7 Å². The van der Waals surface area contributed by atoms with E-state index >= 15 is 0 Å². The van der Waals surface area contributed by atoms with E-state index in [1.165, 1.54) is 37.3 Å². The molecule has 0 aliphatic rings. The lowest BCUT2D eigenvalue weighted by atomic mass is 10.2. The smallest absolute Gasteiger partial charge is 0.331 e. The Balaban J connectivity index is 1.91. The Bertz CT molecular complexity index is 830. The van der Waals surface area contributed by atoms with Crippen LogP contribution in [0.2, 0.25) is 0 Å². The molecule has 0 radical (unpaired) electrons. The summed E-state index contributed by atoms with van der Waals surface area (Å²) in [6, 6.07) is 8.76. The van der Waals surface area contributed by atoms with Crippen LogP contribution in [0, 0.1) is 10.1 Å². The monoisotopic (exact) mass is 408 g/mol. The number of rotatable bonds is 6. The van der Waals surface area contributed by atoms with Gasteiger partial charge >= 0.3 is 5.97 Å². The molecule has 1 amide bonds. The highest BCUT2D eigenvalue weighted by Gasteiger charge is 2.17. The van der Waals surface area contributed by atoms with Gasteiger partial charge in [0.1, 0.15) is 5.76 Å². The summed E-state index contributed by atoms with van der Waals surface area (Å²) in [7, 11) is 0. The van der Waals surface area contributed by atoms with E-state index in [1.54, 1.807) is 12.1 Å². The Kier molecular flexibility index (Phi) is 6.07. The van der Waals surface area contributed by atoms with Gasteiger partial charge in [0.2, 0.25) is 0 Å². The molecule has 130 valence electrons. The zero-order valence-corrected chi connectivity index (χ0v) is 14.6. The van der Waals surface area contributed by atoms with Gasteiger partial charge in [-0.15, -0.1) is 0 Å². The van der Waals surface area contributed by atoms with Gasteiger partial charge in [0.05, 0.1) is 4.92 Å². The molecule has 2 rings (SSSR count). The molecule has 1 N–H and O–H groups in total. The largest absolute Gasteiger partial charge is 0.450 e. The van der Waals surface area contributed by atoms with Crippen molar-refractivity contribution >= 4 is 45.3 Å². The maximum Gasteiger partial charge on any atom is 0.331 e. The van der Waals surface area contributed by atoms with Crippen molar-refractivity contribution in [1.29, 1.82) is 0 Å². The minimum absolute atomic E-state index is 0.157. The predicted octanol–water partition coefficient (Wildman–Crippen LogP) is 3.53. The van der Waals surface area contributed by atoms with Crippen molar-refractivity contribution in [3.05, 3.63) is 63.0 Å². The fourth-order valence-corrected chi connectivity index (χ4v) is 2.10. The van der Waals surface area contributed by atoms with Crippen molar-refractivity contribution in [3.63, 3.8) is 0 Å². The van der Waals surface area contributed by atoms with Crippen LogP contribution in [0.5, 0.6) is 0 Å². The summed E-state index contributed by atoms with van der Waals surface area (Å²) in [5, 5.41) is 13.2. The molecule has 1 aromatic carbocycles. The first-order valence-electron chi connectivity index (χ1n) is 7.04. The highest BCUT2D eigenvalue weighted by Crippen LogP contribution is 2.17. The molecule has 2 aromatic rings. The topological polar surface area (TPSA) is 112 Å². The first kappa shape index (κ1) is 18.4. The van der Waals surface area contributed by atoms with Crippen LogP contribution in [0.1, 0.15) is 12.7 Å². The van der Waals surface area contributed by atoms with Crippen molar-refractivity contribution in [2.75, 3.05) is 5.32 Å². The van der Waals surface area contributed by atoms with E-state index in [4.69, 9.17) is 9.15 Å². The number of ether oxygens (including phenoxy) is 1. The van der Waals surface area contributed by atoms with Gasteiger partial charge < -0.3 is 14.5 Å². The number of non-ortho nitro benzene ring substituents is 1. The molecule has 1 unspecified atom stereocenters. The number of carbonyl (C=O) groups is 2. The van der Waals surface area contributed by atoms with Crippen LogP contribution in [0.3, 0.4) is 0 Å². The van der Waals surface area contributed by atoms with Crippen LogP contribution < -0.4 is 5.32 Å². The summed E-state index contributed by atoms with van der Waals surface area (Å²) < 4.78 is 10.7. The number of nitrogens with zero attached hydrogens (tertiary/aromatic N) is 1. The third-order valence-corrected chi connectivity index (χ3v) is 3.39. The molecule has 8 nitrogen and oxygen atoms in total. The second-order valence-electron chi connectivity index (χ2n) is 4.85. The molecule has 0 fully saturated rings. The van der Waals surface area contributed by atoms with Crippen LogP contribution in [-0.4, -0.2) is 22.9 Å². The SMILES string of the molecule is CC(OC(=O)C=Cc1ccc(Br)o1)C(=O)Nc1cccc([N+](=O)[O-])c1. The van der Waals surface area contributed by atoms with E-state index in [1.807, 2.05) is 0 Å². The number of nitro groups is 1. The van der Waals surface area contributed by atoms with Crippen LogP contribution in [0.4, 0.5) is 11.4 Å². The number of hydrogen-bond acceptors (Lipinski definition) is 6. The van der Waals surface area contributed by atoms with Crippen molar-refractivity contribution in [2.24, 2.45) is 0 Å². The molecule has 1 heterocycles. The minimum Gasteiger partial charge on any atom is -0.450 e. The molecule has 0 bridgehead atoms. The highest BCUT2D eigenvalue weighted by molar-refractivity contribution is 9.10. The number of furan rings is 1. The first-order valence-corrected chi connectivity index (χ1v) is 7.84. The number of anilines is 1. The van der Waals surface area contributed by atoms with E-state index in [9.17, 15) is 19.7 Å². The van der Waals surface area contributed by atoms with Crippen LogP contribution >= 0.6 is 15.9 Å². The number of halogens is 1. The lowest BCUT2D eigenvalue weighted by Crippen LogP contribution is -2.29. The average Bonchev–Trinajstić information content (AvgIpc) is 2.98. The van der Waals surface area contributed by atoms with Gasteiger partial charge in [0.15, 0.2) is 10.8 Å². The van der Waals surface area contributed by atoms with Gasteiger partial charge in [-0.25, -0.2) is 4.79 Å². The Morgan fingerprint density at radius 2 is 2.12 bits per heavy atom. The molecule has 0 aliphatic carbocycles. The van der Waals surface area contributed by atoms with Crippen LogP contribution in [0.15, 0.2) is 51.6 Å². The van der Waals surface area contributed by atoms with E-state index in [-0.39, 0.29) is 11.4 Å². The average molecular weight is 409 g/mol. The molecular weight excluding hydrogens is 396 g/mol. The fraction of sp³-hybridized carbons (Fsp3) is 0.125. The van der Waals surface area contributed by atoms with Gasteiger partial charge in [0, 0.05) is 23.9 Å². The lowest BCUT2D eigenvalue weighted by molar-refractivity contribution is -0.384. The summed E-state index contributed by atoms with van der Waals surface area (Å²) in [5.74, 6) is -0.894. The third-order valence-electron chi connectivity index (χ3n) is 2.96. The molecule has 0 saturated heterocycles. The van der Waals surface area contributed by atoms with Gasteiger partial charge in [-0.3, -0.25) is 14.9 Å². The standard InChI is InChI=1S/C16H13BrN2O6/c1-10(24-15(20)8-6-13-5-7-14(17)25-13)16(21)18-11-3-2-4-12(9-11)19(22)23/h2-10H,1H3,(H,18,21). The van der Waals surface area contributed by atoms with Gasteiger partial charge in [-0.1, -0.05) is 6.07 Å². The molecule has 0 aliphatic heterocycles. The molecule has 1 aromatic heterocycles. The molecule has 25 heavy (non-hydrogen) atoms. The summed E-state index contributed by atoms with van der Waals surface area (Å²) in [5.41, 5.74) is 0.0769. The maximum atomic E-state index is 12.0. The Morgan fingerprint density at radius 1 is 1.36 bits per heavy atom. The van der Waals surface area contributed by atoms with Crippen LogP contribution in [-0.2, 0) is 14.3 Å². The second kappa shape index (κ2) is 8.25. The minimum atomic E-state index is -1.08. The highest BCUT2D eigenvalue weighted by atomic mass is 79.9. The normalized spacial score (nSPS) is 11.9. The maximum absolute atomic E-state index is 12.0. The van der Waals surface area contributed by atoms with Gasteiger partial charge in [-0.05, 0) is 47.1 Å². The van der Waals surface area contributed by atoms with Gasteiger partial charge in [-0.2, -0.15) is 0 Å². The zero-order chi connectivity index (χ0) is 18.4. The van der Waals surface area contributed by atoms with Crippen molar-refractivity contribution in [1.82, 2.24) is 0 Å². The number of nitro benzene ring substituents is 1. The number of hydrogen-bond donors (Lipinski definition) is 1. The van der Waals surface area contributed by atoms with E-state index in [0.717, 1.165) is 6.08 Å². The van der Waals surface area contributed by atoms with Gasteiger partial charge in [0.25, 0.3) is 11.6 Å². The van der Waals surface area contributed by atoms with E-state index in [0.29, 0.717) is 10.4 Å². The summed E-state index contributed by atoms with van der Waals surface area (Å²) in [4.78, 5) is 33.8. The zero-order valence-electron chi connectivity index (χ0n) is 13.0. The first-order chi connectivity index (χ1) is 11.8. The van der Waals surface area contributed by atoms with Crippen LogP contribution in [0.25, 0.3) is 6.08 Å². The third kappa shape index (κ3) is 5.57. The summed E-state index contributed by atoms with van der Waals surface area (Å²) >= 11 is 3.13. The lowest BCUT2D eigenvalue weighted by Gasteiger charge is -2.12. The molecule has 1 atom stereocenters. The fourth-order valence-electron chi connectivity index (χ4n) is 1.78. The van der Waals surface area contributed by atoms with E-state index < -0.39 is 22.9 Å². The number of benzene rings is 1. The molecular formula is C16H13BrN2O6. The predicted molar refractivity (Wildman–Crippen MR) is 92.7 cm³/mol. The molecule has 0 saturated carbocycles. The Labute approximate surface area is 150 Å². The quantitative estimate of drug-likeness (QED) is 0.338. The van der Waals surface area contributed by atoms with E-state index in [2.05, 4.69) is 21.2 Å². The summed E-state index contributed by atoms with van der Waals surface area (Å²) in [6.07, 6.45) is 1.44. The second-order valence-corrected chi connectivity index (χ2v) is 5.63. The summed E-state index contributed by atoms with van der Waals surface area (Å²) in [6.45, 7) is 1.39. The number of esters is 1. The molecule has 9 heteroatoms. The number of amides is 1. The van der Waals surface area contributed by atoms with Crippen molar-refractivity contribution in [3.8, 4) is 0 Å². The Hall–Kier alpha value is -2.94.